The number of sulfone groups is 1. The number of alkyl halides is 3. The molecule has 31 heavy (non-hydrogen) atoms. The molecule has 0 saturated heterocycles. The van der Waals surface area contributed by atoms with E-state index in [4.69, 9.17) is 20.8 Å². The van der Waals surface area contributed by atoms with Gasteiger partial charge < -0.3 is 14.5 Å². The molecule has 2 aromatic carbocycles. The summed E-state index contributed by atoms with van der Waals surface area (Å²) in [7, 11) is -4.24. The zero-order valence-corrected chi connectivity index (χ0v) is 17.2. The fraction of sp³-hybridized carbons (Fsp3) is 0.167. The van der Waals surface area contributed by atoms with E-state index < -0.39 is 37.5 Å². The average molecular weight is 476 g/mol. The van der Waals surface area contributed by atoms with Crippen LogP contribution in [-0.2, 0) is 20.8 Å². The summed E-state index contributed by atoms with van der Waals surface area (Å²) in [6.45, 7) is 1.73. The highest BCUT2D eigenvalue weighted by Crippen LogP contribution is 2.37. The molecule has 0 aliphatic heterocycles. The van der Waals surface area contributed by atoms with Crippen molar-refractivity contribution in [1.82, 2.24) is 10.2 Å². The second-order valence-corrected chi connectivity index (χ2v) is 8.28. The van der Waals surface area contributed by atoms with Crippen LogP contribution in [0.2, 0.25) is 5.02 Å². The number of hydrogen-bond acceptors (Lipinski definition) is 8. The molecule has 1 heterocycles. The first-order valence-electron chi connectivity index (χ1n) is 8.52. The number of anilines is 2. The van der Waals surface area contributed by atoms with E-state index in [1.807, 2.05) is 0 Å². The van der Waals surface area contributed by atoms with E-state index in [9.17, 15) is 26.4 Å². The third-order valence-electron chi connectivity index (χ3n) is 3.84. The molecule has 0 saturated carbocycles. The molecule has 0 amide bonds. The Kier molecular flexibility index (Phi) is 6.23. The molecule has 0 fully saturated rings. The Morgan fingerprint density at radius 2 is 1.77 bits per heavy atom. The summed E-state index contributed by atoms with van der Waals surface area (Å²) in [6.07, 6.45) is -4.80. The maximum Gasteiger partial charge on any atom is 0.417 e. The molecule has 1 aromatic heterocycles. The van der Waals surface area contributed by atoms with Crippen molar-refractivity contribution in [2.24, 2.45) is 0 Å². The quantitative estimate of drug-likeness (QED) is 0.519. The minimum atomic E-state index is -4.80. The molecule has 13 heteroatoms. The molecule has 3 rings (SSSR count). The maximum atomic E-state index is 13.0. The van der Waals surface area contributed by atoms with E-state index >= 15 is 0 Å². The monoisotopic (exact) mass is 475 g/mol. The van der Waals surface area contributed by atoms with E-state index in [0.29, 0.717) is 11.8 Å². The minimum absolute atomic E-state index is 0.123. The summed E-state index contributed by atoms with van der Waals surface area (Å²) in [6, 6.07) is 7.25. The molecule has 0 atom stereocenters. The van der Waals surface area contributed by atoms with Crippen LogP contribution < -0.4 is 5.32 Å². The molecule has 8 nitrogen and oxygen atoms in total. The van der Waals surface area contributed by atoms with Gasteiger partial charge in [0.15, 0.2) is 0 Å². The first kappa shape index (κ1) is 22.6. The van der Waals surface area contributed by atoms with Gasteiger partial charge in [0.1, 0.15) is 0 Å². The van der Waals surface area contributed by atoms with Gasteiger partial charge in [0.2, 0.25) is 9.84 Å². The van der Waals surface area contributed by atoms with Crippen molar-refractivity contribution in [3.8, 4) is 0 Å². The van der Waals surface area contributed by atoms with Crippen LogP contribution in [0.15, 0.2) is 56.7 Å². The van der Waals surface area contributed by atoms with Gasteiger partial charge in [-0.05, 0) is 49.4 Å². The number of carbonyl (C=O) groups excluding carboxylic acids is 1. The van der Waals surface area contributed by atoms with Crippen molar-refractivity contribution < 1.29 is 35.5 Å². The first-order valence-corrected chi connectivity index (χ1v) is 10.4. The fourth-order valence-electron chi connectivity index (χ4n) is 2.41. The van der Waals surface area contributed by atoms with Crippen LogP contribution in [-0.4, -0.2) is 31.2 Å². The standard InChI is InChI=1S/C18H13ClF3N3O5S/c1-2-29-16(26)15-24-25-17(30-15)23-10-3-5-11(6-4-10)31(27,28)12-7-8-14(19)13(9-12)18(20,21)22/h3-9H,2H2,1H3,(H,23,25). The lowest BCUT2D eigenvalue weighted by molar-refractivity contribution is -0.137. The highest BCUT2D eigenvalue weighted by atomic mass is 35.5. The SMILES string of the molecule is CCOC(=O)c1nnc(Nc2ccc(S(=O)(=O)c3ccc(Cl)c(C(F)(F)F)c3)cc2)o1. The summed E-state index contributed by atoms with van der Waals surface area (Å²) in [4.78, 5) is 10.7. The highest BCUT2D eigenvalue weighted by Gasteiger charge is 2.34. The van der Waals surface area contributed by atoms with Crippen LogP contribution in [0, 0.1) is 0 Å². The van der Waals surface area contributed by atoms with Crippen LogP contribution in [0.3, 0.4) is 0 Å². The van der Waals surface area contributed by atoms with Crippen LogP contribution in [0.1, 0.15) is 23.2 Å². The Labute approximate surface area is 178 Å². The molecular weight excluding hydrogens is 463 g/mol. The van der Waals surface area contributed by atoms with Gasteiger partial charge in [-0.25, -0.2) is 13.2 Å². The van der Waals surface area contributed by atoms with Crippen LogP contribution in [0.25, 0.3) is 0 Å². The molecule has 3 aromatic rings. The zero-order chi connectivity index (χ0) is 22.8. The van der Waals surface area contributed by atoms with Crippen molar-refractivity contribution in [3.05, 3.63) is 58.9 Å². The van der Waals surface area contributed by atoms with E-state index in [2.05, 4.69) is 15.5 Å². The maximum absolute atomic E-state index is 13.0. The molecule has 0 aliphatic carbocycles. The highest BCUT2D eigenvalue weighted by molar-refractivity contribution is 7.91. The molecule has 1 N–H and O–H groups in total. The number of ether oxygens (including phenoxy) is 1. The summed E-state index contributed by atoms with van der Waals surface area (Å²) in [5.74, 6) is -1.17. The number of aromatic nitrogens is 2. The lowest BCUT2D eigenvalue weighted by Gasteiger charge is -2.12. The number of nitrogens with zero attached hydrogens (tertiary/aromatic N) is 2. The van der Waals surface area contributed by atoms with Crippen LogP contribution in [0.5, 0.6) is 0 Å². The van der Waals surface area contributed by atoms with Gasteiger partial charge in [0.05, 0.1) is 27.0 Å². The smallest absolute Gasteiger partial charge is 0.417 e. The summed E-state index contributed by atoms with van der Waals surface area (Å²) in [5.41, 5.74) is -0.924. The number of carbonyl (C=O) groups is 1. The van der Waals surface area contributed by atoms with Crippen molar-refractivity contribution in [1.29, 1.82) is 0 Å². The third kappa shape index (κ3) is 4.97. The molecule has 0 bridgehead atoms. The molecular formula is C18H13ClF3N3O5S. The van der Waals surface area contributed by atoms with Gasteiger partial charge in [-0.2, -0.15) is 13.2 Å². The Balaban J connectivity index is 1.82. The van der Waals surface area contributed by atoms with Gasteiger partial charge in [0.25, 0.3) is 0 Å². The topological polar surface area (TPSA) is 111 Å². The van der Waals surface area contributed by atoms with Crippen molar-refractivity contribution >= 4 is 39.1 Å². The first-order chi connectivity index (χ1) is 14.5. The van der Waals surface area contributed by atoms with Gasteiger partial charge in [-0.3, -0.25) is 0 Å². The normalized spacial score (nSPS) is 11.9. The van der Waals surface area contributed by atoms with E-state index in [1.54, 1.807) is 6.92 Å². The summed E-state index contributed by atoms with van der Waals surface area (Å²) < 4.78 is 74.3. The van der Waals surface area contributed by atoms with Crippen LogP contribution >= 0.6 is 11.6 Å². The van der Waals surface area contributed by atoms with E-state index in [0.717, 1.165) is 12.1 Å². The van der Waals surface area contributed by atoms with Gasteiger partial charge in [0, 0.05) is 5.69 Å². The Morgan fingerprint density at radius 3 is 2.39 bits per heavy atom. The predicted molar refractivity (Wildman–Crippen MR) is 102 cm³/mol. The number of benzene rings is 2. The fourth-order valence-corrected chi connectivity index (χ4v) is 3.93. The third-order valence-corrected chi connectivity index (χ3v) is 5.94. The minimum Gasteiger partial charge on any atom is -0.459 e. The number of nitrogens with one attached hydrogen (secondary N) is 1. The Morgan fingerprint density at radius 1 is 1.13 bits per heavy atom. The molecule has 0 aliphatic rings. The van der Waals surface area contributed by atoms with Gasteiger partial charge >= 0.3 is 24.1 Å². The predicted octanol–water partition coefficient (Wildman–Crippen LogP) is 4.49. The molecule has 164 valence electrons. The Bertz CT molecular complexity index is 1210. The van der Waals surface area contributed by atoms with Gasteiger partial charge in [-0.1, -0.05) is 21.8 Å². The lowest BCUT2D eigenvalue weighted by atomic mass is 10.2. The van der Waals surface area contributed by atoms with Gasteiger partial charge in [-0.15, -0.1) is 0 Å². The van der Waals surface area contributed by atoms with Crippen molar-refractivity contribution in [2.75, 3.05) is 11.9 Å². The van der Waals surface area contributed by atoms with Crippen LogP contribution in [0.4, 0.5) is 24.9 Å². The molecule has 0 unspecified atom stereocenters. The van der Waals surface area contributed by atoms with Crippen molar-refractivity contribution in [3.63, 3.8) is 0 Å². The van der Waals surface area contributed by atoms with Crippen molar-refractivity contribution in [2.45, 2.75) is 22.9 Å². The lowest BCUT2D eigenvalue weighted by Crippen LogP contribution is -2.09. The average Bonchev–Trinajstić information content (AvgIpc) is 3.16. The van der Waals surface area contributed by atoms with E-state index in [1.165, 1.54) is 24.3 Å². The summed E-state index contributed by atoms with van der Waals surface area (Å²) >= 11 is 5.54. The largest absolute Gasteiger partial charge is 0.459 e. The second kappa shape index (κ2) is 8.55. The molecule has 0 spiro atoms. The number of halogens is 4. The number of rotatable bonds is 6. The van der Waals surface area contributed by atoms with E-state index in [-0.39, 0.29) is 23.4 Å². The number of hydrogen-bond donors (Lipinski definition) is 1. The summed E-state index contributed by atoms with van der Waals surface area (Å²) in [5, 5.41) is 9.18. The molecule has 0 radical (unpaired) electrons. The second-order valence-electron chi connectivity index (χ2n) is 5.93. The zero-order valence-electron chi connectivity index (χ0n) is 15.6. The Hall–Kier alpha value is -3.12. The number of esters is 1.